The van der Waals surface area contributed by atoms with Crippen molar-refractivity contribution in [2.75, 3.05) is 23.3 Å². The normalized spacial score (nSPS) is 14.5. The second kappa shape index (κ2) is 9.07. The molecule has 0 saturated carbocycles. The number of aromatic nitrogens is 2. The molecule has 0 bridgehead atoms. The molecule has 3 aromatic rings. The summed E-state index contributed by atoms with van der Waals surface area (Å²) in [5.74, 6) is 0.138. The first-order chi connectivity index (χ1) is 13.7. The fraction of sp³-hybridized carbons (Fsp3) is 0.350. The number of anilines is 2. The highest BCUT2D eigenvalue weighted by Gasteiger charge is 2.27. The SMILES string of the molecule is CC(Sc1nnc(NCCc2cccs2)s1)C(=O)N1CCCc2ccccc21. The molecular weight excluding hydrogens is 408 g/mol. The van der Waals surface area contributed by atoms with Crippen LogP contribution in [0.25, 0.3) is 0 Å². The molecule has 1 aliphatic rings. The summed E-state index contributed by atoms with van der Waals surface area (Å²) in [4.78, 5) is 16.3. The molecule has 8 heteroatoms. The number of fused-ring (bicyclic) bond motifs is 1. The lowest BCUT2D eigenvalue weighted by Crippen LogP contribution is -2.40. The number of benzene rings is 1. The molecular formula is C20H22N4OS3. The van der Waals surface area contributed by atoms with E-state index in [-0.39, 0.29) is 11.2 Å². The van der Waals surface area contributed by atoms with Gasteiger partial charge in [0.1, 0.15) is 0 Å². The highest BCUT2D eigenvalue weighted by Crippen LogP contribution is 2.33. The Morgan fingerprint density at radius 1 is 1.29 bits per heavy atom. The molecule has 0 radical (unpaired) electrons. The fourth-order valence-corrected chi connectivity index (χ4v) is 5.95. The summed E-state index contributed by atoms with van der Waals surface area (Å²) in [6.07, 6.45) is 3.03. The molecule has 1 aliphatic heterocycles. The Morgan fingerprint density at radius 3 is 3.04 bits per heavy atom. The molecule has 1 N–H and O–H groups in total. The van der Waals surface area contributed by atoms with Gasteiger partial charge in [-0.3, -0.25) is 4.79 Å². The number of carbonyl (C=O) groups is 1. The molecule has 0 saturated heterocycles. The molecule has 4 rings (SSSR count). The quantitative estimate of drug-likeness (QED) is 0.550. The van der Waals surface area contributed by atoms with Gasteiger partial charge in [-0.1, -0.05) is 47.4 Å². The van der Waals surface area contributed by atoms with Crippen molar-refractivity contribution in [3.8, 4) is 0 Å². The van der Waals surface area contributed by atoms with E-state index in [1.54, 1.807) is 11.3 Å². The van der Waals surface area contributed by atoms with Crippen molar-refractivity contribution >= 4 is 51.2 Å². The van der Waals surface area contributed by atoms with Gasteiger partial charge in [0.15, 0.2) is 4.34 Å². The second-order valence-electron chi connectivity index (χ2n) is 6.61. The van der Waals surface area contributed by atoms with Gasteiger partial charge in [0.2, 0.25) is 11.0 Å². The third-order valence-electron chi connectivity index (χ3n) is 4.64. The van der Waals surface area contributed by atoms with Gasteiger partial charge in [-0.25, -0.2) is 0 Å². The Morgan fingerprint density at radius 2 is 2.18 bits per heavy atom. The predicted octanol–water partition coefficient (Wildman–Crippen LogP) is 4.71. The number of thioether (sulfide) groups is 1. The van der Waals surface area contributed by atoms with E-state index in [4.69, 9.17) is 0 Å². The lowest BCUT2D eigenvalue weighted by Gasteiger charge is -2.31. The van der Waals surface area contributed by atoms with Gasteiger partial charge < -0.3 is 10.2 Å². The number of nitrogens with zero attached hydrogens (tertiary/aromatic N) is 3. The Bertz CT molecular complexity index is 925. The Kier molecular flexibility index (Phi) is 6.29. The van der Waals surface area contributed by atoms with E-state index in [0.29, 0.717) is 0 Å². The highest BCUT2D eigenvalue weighted by molar-refractivity contribution is 8.02. The molecule has 5 nitrogen and oxygen atoms in total. The minimum Gasteiger partial charge on any atom is -0.360 e. The molecule has 0 fully saturated rings. The zero-order valence-electron chi connectivity index (χ0n) is 15.6. The van der Waals surface area contributed by atoms with Crippen LogP contribution in [-0.4, -0.2) is 34.4 Å². The summed E-state index contributed by atoms with van der Waals surface area (Å²) >= 11 is 4.76. The first-order valence-corrected chi connectivity index (χ1v) is 11.9. The van der Waals surface area contributed by atoms with Crippen LogP contribution in [0.4, 0.5) is 10.8 Å². The van der Waals surface area contributed by atoms with Crippen molar-refractivity contribution in [3.05, 3.63) is 52.2 Å². The molecule has 0 spiro atoms. The molecule has 1 aromatic carbocycles. The summed E-state index contributed by atoms with van der Waals surface area (Å²) < 4.78 is 0.824. The number of rotatable bonds is 7. The average Bonchev–Trinajstić information content (AvgIpc) is 3.39. The molecule has 1 unspecified atom stereocenters. The number of nitrogens with one attached hydrogen (secondary N) is 1. The van der Waals surface area contributed by atoms with Crippen molar-refractivity contribution in [1.29, 1.82) is 0 Å². The summed E-state index contributed by atoms with van der Waals surface area (Å²) in [6, 6.07) is 12.4. The molecule has 2 aromatic heterocycles. The summed E-state index contributed by atoms with van der Waals surface area (Å²) in [6.45, 7) is 3.57. The van der Waals surface area contributed by atoms with Crippen LogP contribution in [0.3, 0.4) is 0 Å². The third kappa shape index (κ3) is 4.56. The lowest BCUT2D eigenvalue weighted by molar-refractivity contribution is -0.117. The number of carbonyl (C=O) groups excluding carboxylic acids is 1. The van der Waals surface area contributed by atoms with Crippen LogP contribution in [0.1, 0.15) is 23.8 Å². The molecule has 1 atom stereocenters. The smallest absolute Gasteiger partial charge is 0.240 e. The van der Waals surface area contributed by atoms with Crippen LogP contribution in [0.5, 0.6) is 0 Å². The maximum atomic E-state index is 13.0. The van der Waals surface area contributed by atoms with Gasteiger partial charge in [0.25, 0.3) is 0 Å². The molecule has 28 heavy (non-hydrogen) atoms. The molecule has 146 valence electrons. The van der Waals surface area contributed by atoms with Gasteiger partial charge in [0, 0.05) is 23.7 Å². The van der Waals surface area contributed by atoms with Crippen molar-refractivity contribution < 1.29 is 4.79 Å². The number of aryl methyl sites for hydroxylation is 1. The van der Waals surface area contributed by atoms with Crippen LogP contribution in [0.2, 0.25) is 0 Å². The summed E-state index contributed by atoms with van der Waals surface area (Å²) in [7, 11) is 0. The van der Waals surface area contributed by atoms with Crippen molar-refractivity contribution in [2.24, 2.45) is 0 Å². The van der Waals surface area contributed by atoms with Crippen molar-refractivity contribution in [1.82, 2.24) is 10.2 Å². The van der Waals surface area contributed by atoms with Gasteiger partial charge >= 0.3 is 0 Å². The van der Waals surface area contributed by atoms with E-state index in [2.05, 4.69) is 39.1 Å². The van der Waals surface area contributed by atoms with E-state index < -0.39 is 0 Å². The van der Waals surface area contributed by atoms with E-state index in [0.717, 1.165) is 47.5 Å². The summed E-state index contributed by atoms with van der Waals surface area (Å²) in [5.41, 5.74) is 2.31. The molecule has 0 aliphatic carbocycles. The molecule has 3 heterocycles. The third-order valence-corrected chi connectivity index (χ3v) is 7.62. The van der Waals surface area contributed by atoms with Crippen LogP contribution in [0, 0.1) is 0 Å². The zero-order valence-corrected chi connectivity index (χ0v) is 18.1. The van der Waals surface area contributed by atoms with Crippen LogP contribution >= 0.6 is 34.4 Å². The number of hydrogen-bond acceptors (Lipinski definition) is 7. The minimum absolute atomic E-state index is 0.138. The Hall–Kier alpha value is -1.90. The predicted molar refractivity (Wildman–Crippen MR) is 119 cm³/mol. The van der Waals surface area contributed by atoms with Crippen molar-refractivity contribution in [3.63, 3.8) is 0 Å². The van der Waals surface area contributed by atoms with Gasteiger partial charge in [-0.15, -0.1) is 21.5 Å². The topological polar surface area (TPSA) is 58.1 Å². The number of thiophene rings is 1. The average molecular weight is 431 g/mol. The monoisotopic (exact) mass is 430 g/mol. The van der Waals surface area contributed by atoms with Crippen LogP contribution in [0.15, 0.2) is 46.1 Å². The van der Waals surface area contributed by atoms with E-state index in [1.165, 1.54) is 33.5 Å². The number of amides is 1. The standard InChI is InChI=1S/C20H22N4OS3/c1-14(18(25)24-12-4-7-15-6-2-3-9-17(15)24)27-20-23-22-19(28-20)21-11-10-16-8-5-13-26-16/h2-3,5-6,8-9,13-14H,4,7,10-12H2,1H3,(H,21,22). The Balaban J connectivity index is 1.33. The van der Waals surface area contributed by atoms with E-state index in [9.17, 15) is 4.79 Å². The lowest BCUT2D eigenvalue weighted by atomic mass is 10.0. The van der Waals surface area contributed by atoms with Gasteiger partial charge in [-0.05, 0) is 49.3 Å². The molecule has 1 amide bonds. The maximum Gasteiger partial charge on any atom is 0.240 e. The van der Waals surface area contributed by atoms with Crippen molar-refractivity contribution in [2.45, 2.75) is 35.8 Å². The Labute approximate surface area is 177 Å². The van der Waals surface area contributed by atoms with Gasteiger partial charge in [-0.2, -0.15) is 0 Å². The fourth-order valence-electron chi connectivity index (χ4n) is 3.26. The first kappa shape index (κ1) is 19.4. The zero-order chi connectivity index (χ0) is 19.3. The second-order valence-corrected chi connectivity index (χ2v) is 10.2. The first-order valence-electron chi connectivity index (χ1n) is 9.36. The van der Waals surface area contributed by atoms with E-state index >= 15 is 0 Å². The van der Waals surface area contributed by atoms with Gasteiger partial charge in [0.05, 0.1) is 5.25 Å². The number of para-hydroxylation sites is 1. The maximum absolute atomic E-state index is 13.0. The minimum atomic E-state index is -0.196. The summed E-state index contributed by atoms with van der Waals surface area (Å²) in [5, 5.41) is 14.5. The highest BCUT2D eigenvalue weighted by atomic mass is 32.2. The number of hydrogen-bond donors (Lipinski definition) is 1. The van der Waals surface area contributed by atoms with E-state index in [1.807, 2.05) is 30.0 Å². The van der Waals surface area contributed by atoms with Crippen LogP contribution < -0.4 is 10.2 Å². The van der Waals surface area contributed by atoms with Crippen LogP contribution in [-0.2, 0) is 17.6 Å². The largest absolute Gasteiger partial charge is 0.360 e.